The summed E-state index contributed by atoms with van der Waals surface area (Å²) in [6, 6.07) is 11.1. The van der Waals surface area contributed by atoms with Gasteiger partial charge in [0.05, 0.1) is 0 Å². The Hall–Kier alpha value is -1.15. The lowest BCUT2D eigenvalue weighted by atomic mass is 9.92. The van der Waals surface area contributed by atoms with Crippen molar-refractivity contribution in [1.29, 1.82) is 0 Å². The predicted molar refractivity (Wildman–Crippen MR) is 65.1 cm³/mol. The Morgan fingerprint density at radius 1 is 1.38 bits per heavy atom. The Kier molecular flexibility index (Phi) is 3.73. The van der Waals surface area contributed by atoms with Crippen LogP contribution in [0.2, 0.25) is 0 Å². The minimum Gasteiger partial charge on any atom is -0.303 e. The van der Waals surface area contributed by atoms with Gasteiger partial charge in [0.25, 0.3) is 0 Å². The van der Waals surface area contributed by atoms with Gasteiger partial charge in [0.15, 0.2) is 0 Å². The summed E-state index contributed by atoms with van der Waals surface area (Å²) in [5.74, 6) is 0.280. The Labute approximate surface area is 97.3 Å². The number of likely N-dealkylation sites (tertiary alicyclic amines) is 1. The lowest BCUT2D eigenvalue weighted by molar-refractivity contribution is -0.113. The number of piperidine rings is 1. The predicted octanol–water partition coefficient (Wildman–Crippen LogP) is 2.49. The minimum absolute atomic E-state index is 0.280. The number of aldehydes is 1. The van der Waals surface area contributed by atoms with Gasteiger partial charge in [-0.2, -0.15) is 0 Å². The molecule has 0 radical (unpaired) electrons. The first-order valence-corrected chi connectivity index (χ1v) is 6.03. The summed E-state index contributed by atoms with van der Waals surface area (Å²) in [4.78, 5) is 13.2. The van der Waals surface area contributed by atoms with Gasteiger partial charge in [-0.15, -0.1) is 0 Å². The molecular formula is C14H19NO. The highest BCUT2D eigenvalue weighted by atomic mass is 16.1. The second-order valence-electron chi connectivity index (χ2n) is 4.73. The van der Waals surface area contributed by atoms with Gasteiger partial charge in [-0.05, 0) is 31.9 Å². The highest BCUT2D eigenvalue weighted by molar-refractivity contribution is 5.53. The van der Waals surface area contributed by atoms with E-state index in [1.165, 1.54) is 5.56 Å². The zero-order chi connectivity index (χ0) is 11.4. The van der Waals surface area contributed by atoms with Gasteiger partial charge in [-0.3, -0.25) is 4.90 Å². The maximum atomic E-state index is 10.8. The second-order valence-corrected chi connectivity index (χ2v) is 4.73. The molecule has 0 spiro atoms. The smallest absolute Gasteiger partial charge is 0.123 e. The van der Waals surface area contributed by atoms with E-state index in [4.69, 9.17) is 0 Å². The average molecular weight is 217 g/mol. The van der Waals surface area contributed by atoms with Gasteiger partial charge in [0.1, 0.15) is 6.29 Å². The molecule has 1 aromatic carbocycles. The van der Waals surface area contributed by atoms with E-state index in [1.807, 2.05) is 6.07 Å². The van der Waals surface area contributed by atoms with Crippen LogP contribution in [0, 0.1) is 5.92 Å². The lowest BCUT2D eigenvalue weighted by Crippen LogP contribution is -2.40. The molecule has 0 amide bonds. The molecule has 2 atom stereocenters. The molecule has 1 aliphatic rings. The Bertz CT molecular complexity index is 336. The van der Waals surface area contributed by atoms with E-state index >= 15 is 0 Å². The van der Waals surface area contributed by atoms with Crippen molar-refractivity contribution >= 4 is 6.29 Å². The van der Waals surface area contributed by atoms with Crippen molar-refractivity contribution < 1.29 is 4.79 Å². The number of hydrogen-bond acceptors (Lipinski definition) is 2. The molecular weight excluding hydrogens is 198 g/mol. The highest BCUT2D eigenvalue weighted by Crippen LogP contribution is 2.22. The van der Waals surface area contributed by atoms with E-state index in [9.17, 15) is 4.79 Å². The molecule has 1 fully saturated rings. The molecule has 2 unspecified atom stereocenters. The van der Waals surface area contributed by atoms with Crippen LogP contribution in [0.15, 0.2) is 30.3 Å². The molecule has 0 saturated carbocycles. The summed E-state index contributed by atoms with van der Waals surface area (Å²) in [6.07, 6.45) is 3.15. The van der Waals surface area contributed by atoms with Gasteiger partial charge in [-0.25, -0.2) is 0 Å². The van der Waals surface area contributed by atoms with Crippen LogP contribution in [0.3, 0.4) is 0 Å². The van der Waals surface area contributed by atoms with E-state index in [-0.39, 0.29) is 5.92 Å². The molecule has 86 valence electrons. The molecule has 1 aliphatic heterocycles. The molecule has 1 aromatic rings. The molecule has 16 heavy (non-hydrogen) atoms. The number of carbonyl (C=O) groups excluding carboxylic acids is 1. The van der Waals surface area contributed by atoms with Crippen molar-refractivity contribution in [3.8, 4) is 0 Å². The highest BCUT2D eigenvalue weighted by Gasteiger charge is 2.24. The van der Waals surface area contributed by atoms with Crippen molar-refractivity contribution in [2.24, 2.45) is 5.92 Å². The van der Waals surface area contributed by atoms with E-state index in [0.717, 1.165) is 32.2 Å². The summed E-state index contributed by atoms with van der Waals surface area (Å²) in [5.41, 5.74) is 1.36. The van der Waals surface area contributed by atoms with Crippen LogP contribution in [0.1, 0.15) is 25.3 Å². The van der Waals surface area contributed by atoms with Gasteiger partial charge in [0, 0.05) is 18.5 Å². The number of nitrogens with zero attached hydrogens (tertiary/aromatic N) is 1. The molecule has 0 aromatic heterocycles. The zero-order valence-corrected chi connectivity index (χ0v) is 9.80. The number of rotatable bonds is 3. The fourth-order valence-electron chi connectivity index (χ4n) is 2.43. The molecule has 1 heterocycles. The molecule has 1 saturated heterocycles. The third-order valence-corrected chi connectivity index (χ3v) is 3.48. The van der Waals surface area contributed by atoms with Gasteiger partial charge < -0.3 is 4.79 Å². The Morgan fingerprint density at radius 3 is 2.75 bits per heavy atom. The number of carbonyl (C=O) groups is 1. The summed E-state index contributed by atoms with van der Waals surface area (Å²) >= 11 is 0. The van der Waals surface area contributed by atoms with Crippen LogP contribution in [-0.2, 0) is 11.3 Å². The normalized spacial score (nSPS) is 26.6. The maximum Gasteiger partial charge on any atom is 0.123 e. The standard InChI is InChI=1S/C14H19NO/c1-12-9-14(11-16)7-8-15(12)10-13-5-3-2-4-6-13/h2-6,11-12,14H,7-10H2,1H3. The van der Waals surface area contributed by atoms with Crippen molar-refractivity contribution in [3.05, 3.63) is 35.9 Å². The molecule has 0 bridgehead atoms. The molecule has 2 rings (SSSR count). The van der Waals surface area contributed by atoms with Crippen molar-refractivity contribution in [2.75, 3.05) is 6.54 Å². The van der Waals surface area contributed by atoms with Crippen LogP contribution in [0.4, 0.5) is 0 Å². The summed E-state index contributed by atoms with van der Waals surface area (Å²) < 4.78 is 0. The van der Waals surface area contributed by atoms with Gasteiger partial charge >= 0.3 is 0 Å². The first-order valence-electron chi connectivity index (χ1n) is 6.03. The van der Waals surface area contributed by atoms with Gasteiger partial charge in [-0.1, -0.05) is 30.3 Å². The molecule has 2 heteroatoms. The summed E-state index contributed by atoms with van der Waals surface area (Å²) in [7, 11) is 0. The van der Waals surface area contributed by atoms with Crippen molar-refractivity contribution in [3.63, 3.8) is 0 Å². The first kappa shape index (κ1) is 11.3. The molecule has 0 N–H and O–H groups in total. The number of benzene rings is 1. The SMILES string of the molecule is CC1CC(C=O)CCN1Cc1ccccc1. The van der Waals surface area contributed by atoms with E-state index in [1.54, 1.807) is 0 Å². The van der Waals surface area contributed by atoms with Crippen LogP contribution in [0.5, 0.6) is 0 Å². The van der Waals surface area contributed by atoms with E-state index in [2.05, 4.69) is 36.1 Å². The van der Waals surface area contributed by atoms with Crippen LogP contribution < -0.4 is 0 Å². The van der Waals surface area contributed by atoms with Gasteiger partial charge in [0.2, 0.25) is 0 Å². The van der Waals surface area contributed by atoms with Crippen LogP contribution >= 0.6 is 0 Å². The quantitative estimate of drug-likeness (QED) is 0.725. The summed E-state index contributed by atoms with van der Waals surface area (Å²) in [6.45, 7) is 4.27. The minimum atomic E-state index is 0.280. The summed E-state index contributed by atoms with van der Waals surface area (Å²) in [5, 5.41) is 0. The van der Waals surface area contributed by atoms with Crippen LogP contribution in [0.25, 0.3) is 0 Å². The largest absolute Gasteiger partial charge is 0.303 e. The van der Waals surface area contributed by atoms with Crippen LogP contribution in [-0.4, -0.2) is 23.8 Å². The lowest BCUT2D eigenvalue weighted by Gasteiger charge is -2.35. The van der Waals surface area contributed by atoms with E-state index in [0.29, 0.717) is 6.04 Å². The fraction of sp³-hybridized carbons (Fsp3) is 0.500. The van der Waals surface area contributed by atoms with Crippen molar-refractivity contribution in [2.45, 2.75) is 32.4 Å². The molecule has 2 nitrogen and oxygen atoms in total. The van der Waals surface area contributed by atoms with E-state index < -0.39 is 0 Å². The second kappa shape index (κ2) is 5.26. The fourth-order valence-corrected chi connectivity index (χ4v) is 2.43. The average Bonchev–Trinajstić information content (AvgIpc) is 2.33. The topological polar surface area (TPSA) is 20.3 Å². The Balaban J connectivity index is 1.94. The zero-order valence-electron chi connectivity index (χ0n) is 9.80. The number of hydrogen-bond donors (Lipinski definition) is 0. The third-order valence-electron chi connectivity index (χ3n) is 3.48. The maximum absolute atomic E-state index is 10.8. The first-order chi connectivity index (χ1) is 7.79. The molecule has 0 aliphatic carbocycles. The third kappa shape index (κ3) is 2.70. The Morgan fingerprint density at radius 2 is 2.12 bits per heavy atom. The monoisotopic (exact) mass is 217 g/mol. The van der Waals surface area contributed by atoms with Crippen molar-refractivity contribution in [1.82, 2.24) is 4.90 Å².